The normalized spacial score (nSPS) is 10.2. The van der Waals surface area contributed by atoms with Gasteiger partial charge in [-0.05, 0) is 13.3 Å². The smallest absolute Gasteiger partial charge is 0.225 e. The van der Waals surface area contributed by atoms with E-state index in [0.717, 1.165) is 18.7 Å². The third-order valence-electron chi connectivity index (χ3n) is 1.88. The van der Waals surface area contributed by atoms with E-state index in [0.29, 0.717) is 25.0 Å². The SMILES string of the molecule is CCCOCCOc1cc(C)nc(NC)n1. The highest BCUT2D eigenvalue weighted by atomic mass is 16.5. The molecule has 1 heterocycles. The minimum atomic E-state index is 0.513. The van der Waals surface area contributed by atoms with E-state index in [4.69, 9.17) is 9.47 Å². The molecular formula is C11H19N3O2. The first-order valence-corrected chi connectivity index (χ1v) is 5.50. The molecule has 1 aromatic rings. The van der Waals surface area contributed by atoms with Crippen molar-refractivity contribution in [1.29, 1.82) is 0 Å². The van der Waals surface area contributed by atoms with Gasteiger partial charge in [-0.25, -0.2) is 4.98 Å². The number of hydrogen-bond acceptors (Lipinski definition) is 5. The molecule has 1 N–H and O–H groups in total. The van der Waals surface area contributed by atoms with Gasteiger partial charge in [0.25, 0.3) is 0 Å². The van der Waals surface area contributed by atoms with E-state index in [1.807, 2.05) is 6.92 Å². The average molecular weight is 225 g/mol. The minimum Gasteiger partial charge on any atom is -0.475 e. The third kappa shape index (κ3) is 4.44. The van der Waals surface area contributed by atoms with Crippen LogP contribution < -0.4 is 10.1 Å². The standard InChI is InChI=1S/C11H19N3O2/c1-4-5-15-6-7-16-10-8-9(2)13-11(12-3)14-10/h8H,4-7H2,1-3H3,(H,12,13,14). The van der Waals surface area contributed by atoms with Crippen molar-refractivity contribution in [2.24, 2.45) is 0 Å². The molecule has 0 aromatic carbocycles. The van der Waals surface area contributed by atoms with Crippen LogP contribution in [-0.2, 0) is 4.74 Å². The van der Waals surface area contributed by atoms with E-state index in [9.17, 15) is 0 Å². The second kappa shape index (κ2) is 7.00. The van der Waals surface area contributed by atoms with Gasteiger partial charge in [-0.1, -0.05) is 6.92 Å². The summed E-state index contributed by atoms with van der Waals surface area (Å²) < 4.78 is 10.8. The summed E-state index contributed by atoms with van der Waals surface area (Å²) in [5, 5.41) is 2.89. The van der Waals surface area contributed by atoms with Crippen LogP contribution in [0, 0.1) is 6.92 Å². The predicted molar refractivity (Wildman–Crippen MR) is 62.9 cm³/mol. The molecule has 5 nitrogen and oxygen atoms in total. The van der Waals surface area contributed by atoms with Crippen LogP contribution in [0.15, 0.2) is 6.07 Å². The molecule has 0 aliphatic heterocycles. The van der Waals surface area contributed by atoms with E-state index >= 15 is 0 Å². The Morgan fingerprint density at radius 2 is 2.06 bits per heavy atom. The van der Waals surface area contributed by atoms with Crippen LogP contribution >= 0.6 is 0 Å². The molecule has 0 saturated heterocycles. The van der Waals surface area contributed by atoms with Gasteiger partial charge in [-0.2, -0.15) is 4.98 Å². The Bertz CT molecular complexity index is 318. The zero-order valence-corrected chi connectivity index (χ0v) is 10.1. The number of rotatable bonds is 7. The van der Waals surface area contributed by atoms with Gasteiger partial charge in [0.1, 0.15) is 6.61 Å². The van der Waals surface area contributed by atoms with E-state index in [1.165, 1.54) is 0 Å². The van der Waals surface area contributed by atoms with Gasteiger partial charge < -0.3 is 14.8 Å². The molecule has 1 rings (SSSR count). The fourth-order valence-corrected chi connectivity index (χ4v) is 1.18. The molecule has 0 bridgehead atoms. The van der Waals surface area contributed by atoms with Crippen LogP contribution in [-0.4, -0.2) is 36.8 Å². The number of nitrogens with one attached hydrogen (secondary N) is 1. The average Bonchev–Trinajstić information content (AvgIpc) is 2.28. The first-order valence-electron chi connectivity index (χ1n) is 5.50. The van der Waals surface area contributed by atoms with E-state index in [-0.39, 0.29) is 0 Å². The summed E-state index contributed by atoms with van der Waals surface area (Å²) in [7, 11) is 1.78. The van der Waals surface area contributed by atoms with E-state index in [1.54, 1.807) is 13.1 Å². The zero-order valence-electron chi connectivity index (χ0n) is 10.1. The highest BCUT2D eigenvalue weighted by Crippen LogP contribution is 2.11. The van der Waals surface area contributed by atoms with Gasteiger partial charge in [-0.3, -0.25) is 0 Å². The summed E-state index contributed by atoms with van der Waals surface area (Å²) in [5.74, 6) is 1.15. The number of hydrogen-bond donors (Lipinski definition) is 1. The Kier molecular flexibility index (Phi) is 5.56. The number of ether oxygens (including phenoxy) is 2. The van der Waals surface area contributed by atoms with Crippen LogP contribution in [0.2, 0.25) is 0 Å². The van der Waals surface area contributed by atoms with Gasteiger partial charge in [0, 0.05) is 25.4 Å². The molecule has 0 radical (unpaired) electrons. The van der Waals surface area contributed by atoms with Gasteiger partial charge in [-0.15, -0.1) is 0 Å². The zero-order chi connectivity index (χ0) is 11.8. The molecule has 1 aromatic heterocycles. The van der Waals surface area contributed by atoms with Crippen molar-refractivity contribution in [3.05, 3.63) is 11.8 Å². The molecule has 0 fully saturated rings. The van der Waals surface area contributed by atoms with Crippen molar-refractivity contribution in [3.8, 4) is 5.88 Å². The van der Waals surface area contributed by atoms with Gasteiger partial charge in [0.05, 0.1) is 6.61 Å². The van der Waals surface area contributed by atoms with Crippen molar-refractivity contribution in [3.63, 3.8) is 0 Å². The lowest BCUT2D eigenvalue weighted by Crippen LogP contribution is -2.09. The maximum absolute atomic E-state index is 5.46. The largest absolute Gasteiger partial charge is 0.475 e. The molecule has 0 spiro atoms. The van der Waals surface area contributed by atoms with Crippen LogP contribution in [0.5, 0.6) is 5.88 Å². The van der Waals surface area contributed by atoms with E-state index < -0.39 is 0 Å². The molecule has 0 unspecified atom stereocenters. The minimum absolute atomic E-state index is 0.513. The van der Waals surface area contributed by atoms with Crippen molar-refractivity contribution in [1.82, 2.24) is 9.97 Å². The number of aryl methyl sites for hydroxylation is 1. The van der Waals surface area contributed by atoms with Crippen molar-refractivity contribution in [2.45, 2.75) is 20.3 Å². The van der Waals surface area contributed by atoms with Crippen LogP contribution in [0.25, 0.3) is 0 Å². The molecule has 0 aliphatic rings. The summed E-state index contributed by atoms with van der Waals surface area (Å²) in [4.78, 5) is 8.35. The third-order valence-corrected chi connectivity index (χ3v) is 1.88. The fraction of sp³-hybridized carbons (Fsp3) is 0.636. The summed E-state index contributed by atoms with van der Waals surface area (Å²) in [6.07, 6.45) is 1.02. The molecular weight excluding hydrogens is 206 g/mol. The van der Waals surface area contributed by atoms with Crippen LogP contribution in [0.1, 0.15) is 19.0 Å². The Morgan fingerprint density at radius 1 is 1.25 bits per heavy atom. The van der Waals surface area contributed by atoms with E-state index in [2.05, 4.69) is 22.2 Å². The second-order valence-electron chi connectivity index (χ2n) is 3.38. The highest BCUT2D eigenvalue weighted by Gasteiger charge is 2.01. The fourth-order valence-electron chi connectivity index (χ4n) is 1.18. The van der Waals surface area contributed by atoms with Gasteiger partial charge in [0.15, 0.2) is 0 Å². The van der Waals surface area contributed by atoms with Crippen LogP contribution in [0.3, 0.4) is 0 Å². The molecule has 5 heteroatoms. The highest BCUT2D eigenvalue weighted by molar-refractivity contribution is 5.29. The monoisotopic (exact) mass is 225 g/mol. The lowest BCUT2D eigenvalue weighted by molar-refractivity contribution is 0.0990. The maximum Gasteiger partial charge on any atom is 0.225 e. The second-order valence-corrected chi connectivity index (χ2v) is 3.38. The van der Waals surface area contributed by atoms with Crippen molar-refractivity contribution in [2.75, 3.05) is 32.2 Å². The summed E-state index contributed by atoms with van der Waals surface area (Å²) in [6, 6.07) is 1.81. The lowest BCUT2D eigenvalue weighted by atomic mass is 10.4. The molecule has 0 amide bonds. The summed E-state index contributed by atoms with van der Waals surface area (Å²) in [5.41, 5.74) is 0.879. The molecule has 90 valence electrons. The Morgan fingerprint density at radius 3 is 2.75 bits per heavy atom. The predicted octanol–water partition coefficient (Wildman–Crippen LogP) is 1.63. The van der Waals surface area contributed by atoms with Crippen molar-refractivity contribution < 1.29 is 9.47 Å². The summed E-state index contributed by atoms with van der Waals surface area (Å²) >= 11 is 0. The molecule has 0 saturated carbocycles. The van der Waals surface area contributed by atoms with Crippen molar-refractivity contribution >= 4 is 5.95 Å². The van der Waals surface area contributed by atoms with Gasteiger partial charge in [0.2, 0.25) is 11.8 Å². The molecule has 0 atom stereocenters. The Balaban J connectivity index is 2.38. The number of nitrogens with zero attached hydrogens (tertiary/aromatic N) is 2. The molecule has 0 aliphatic carbocycles. The lowest BCUT2D eigenvalue weighted by Gasteiger charge is -2.07. The van der Waals surface area contributed by atoms with Crippen LogP contribution in [0.4, 0.5) is 5.95 Å². The maximum atomic E-state index is 5.46. The number of aromatic nitrogens is 2. The Labute approximate surface area is 96.2 Å². The summed E-state index contributed by atoms with van der Waals surface area (Å²) in [6.45, 7) is 5.86. The molecule has 16 heavy (non-hydrogen) atoms. The quantitative estimate of drug-likeness (QED) is 0.715. The van der Waals surface area contributed by atoms with Gasteiger partial charge >= 0.3 is 0 Å². The first kappa shape index (κ1) is 12.7. The topological polar surface area (TPSA) is 56.3 Å². The number of anilines is 1. The Hall–Kier alpha value is -1.36. The first-order chi connectivity index (χ1) is 7.76.